The fourth-order valence-corrected chi connectivity index (χ4v) is 2.49. The number of rotatable bonds is 0. The second-order valence-corrected chi connectivity index (χ2v) is 4.36. The van der Waals surface area contributed by atoms with E-state index in [9.17, 15) is 0 Å². The molecule has 0 unspecified atom stereocenters. The molecule has 2 heterocycles. The Morgan fingerprint density at radius 3 is 3.29 bits per heavy atom. The number of halogens is 1. The minimum atomic E-state index is 0.702. The predicted molar refractivity (Wildman–Crippen MR) is 53.7 cm³/mol. The Labute approximate surface area is 89.3 Å². The first kappa shape index (κ1) is 8.26. The standard InChI is InChI=1S/C8H5ClN4S/c9-5-1-2-7-6(3-5)13-8(4-14-7)10-11-12-13/h1-3H,4H2. The molecule has 0 atom stereocenters. The lowest BCUT2D eigenvalue weighted by atomic mass is 10.3. The first-order valence-corrected chi connectivity index (χ1v) is 5.41. The molecule has 0 radical (unpaired) electrons. The van der Waals surface area contributed by atoms with E-state index in [1.807, 2.05) is 18.2 Å². The van der Waals surface area contributed by atoms with Crippen molar-refractivity contribution in [3.05, 3.63) is 29.0 Å². The average molecular weight is 225 g/mol. The zero-order valence-electron chi connectivity index (χ0n) is 7.01. The van der Waals surface area contributed by atoms with Crippen LogP contribution < -0.4 is 0 Å². The van der Waals surface area contributed by atoms with Crippen molar-refractivity contribution in [2.24, 2.45) is 0 Å². The van der Waals surface area contributed by atoms with Crippen LogP contribution in [0.3, 0.4) is 0 Å². The van der Waals surface area contributed by atoms with E-state index in [1.165, 1.54) is 0 Å². The molecule has 1 aliphatic rings. The van der Waals surface area contributed by atoms with Crippen LogP contribution in [0.4, 0.5) is 0 Å². The number of fused-ring (bicyclic) bond motifs is 3. The fourth-order valence-electron chi connectivity index (χ4n) is 1.40. The number of aromatic nitrogens is 4. The summed E-state index contributed by atoms with van der Waals surface area (Å²) in [6.07, 6.45) is 0. The molecule has 3 rings (SSSR count). The van der Waals surface area contributed by atoms with Crippen LogP contribution in [0.2, 0.25) is 5.02 Å². The van der Waals surface area contributed by atoms with Crippen molar-refractivity contribution in [2.45, 2.75) is 10.6 Å². The number of thioether (sulfide) groups is 1. The third kappa shape index (κ3) is 1.13. The van der Waals surface area contributed by atoms with Gasteiger partial charge in [0.25, 0.3) is 0 Å². The van der Waals surface area contributed by atoms with Crippen LogP contribution in [-0.2, 0) is 5.75 Å². The summed E-state index contributed by atoms with van der Waals surface area (Å²) in [5.74, 6) is 1.67. The van der Waals surface area contributed by atoms with Crippen molar-refractivity contribution in [1.29, 1.82) is 0 Å². The molecule has 1 aliphatic heterocycles. The van der Waals surface area contributed by atoms with E-state index in [2.05, 4.69) is 15.5 Å². The Bertz CT molecular complexity index is 496. The van der Waals surface area contributed by atoms with E-state index in [4.69, 9.17) is 11.6 Å². The molecule has 1 aromatic carbocycles. The van der Waals surface area contributed by atoms with Gasteiger partial charge in [0.05, 0.1) is 11.4 Å². The summed E-state index contributed by atoms with van der Waals surface area (Å²) < 4.78 is 1.73. The zero-order chi connectivity index (χ0) is 9.54. The third-order valence-corrected chi connectivity index (χ3v) is 3.33. The average Bonchev–Trinajstić information content (AvgIpc) is 2.65. The van der Waals surface area contributed by atoms with Crippen molar-refractivity contribution < 1.29 is 0 Å². The lowest BCUT2D eigenvalue weighted by Crippen LogP contribution is -2.07. The zero-order valence-corrected chi connectivity index (χ0v) is 8.59. The normalized spacial score (nSPS) is 13.5. The molecule has 0 aliphatic carbocycles. The van der Waals surface area contributed by atoms with Crippen LogP contribution in [0.1, 0.15) is 5.82 Å². The molecule has 70 valence electrons. The highest BCUT2D eigenvalue weighted by Crippen LogP contribution is 2.34. The van der Waals surface area contributed by atoms with Gasteiger partial charge in [0.1, 0.15) is 0 Å². The Kier molecular flexibility index (Phi) is 1.75. The third-order valence-electron chi connectivity index (χ3n) is 2.04. The van der Waals surface area contributed by atoms with Gasteiger partial charge in [-0.15, -0.1) is 16.9 Å². The van der Waals surface area contributed by atoms with E-state index in [-0.39, 0.29) is 0 Å². The Morgan fingerprint density at radius 2 is 2.36 bits per heavy atom. The van der Waals surface area contributed by atoms with Gasteiger partial charge >= 0.3 is 0 Å². The summed E-state index contributed by atoms with van der Waals surface area (Å²) in [7, 11) is 0. The Hall–Kier alpha value is -1.07. The minimum absolute atomic E-state index is 0.702. The number of hydrogen-bond acceptors (Lipinski definition) is 4. The van der Waals surface area contributed by atoms with Gasteiger partial charge in [0.15, 0.2) is 5.82 Å². The van der Waals surface area contributed by atoms with Gasteiger partial charge in [0, 0.05) is 9.92 Å². The van der Waals surface area contributed by atoms with Gasteiger partial charge in [0.2, 0.25) is 0 Å². The molecule has 0 amide bonds. The van der Waals surface area contributed by atoms with E-state index in [0.29, 0.717) is 5.02 Å². The summed E-state index contributed by atoms with van der Waals surface area (Å²) in [5.41, 5.74) is 0.966. The molecule has 0 saturated carbocycles. The summed E-state index contributed by atoms with van der Waals surface area (Å²) in [5, 5.41) is 12.2. The lowest BCUT2D eigenvalue weighted by molar-refractivity contribution is 0.761. The molecule has 1 aromatic heterocycles. The van der Waals surface area contributed by atoms with Crippen LogP contribution in [-0.4, -0.2) is 20.2 Å². The molecule has 0 saturated heterocycles. The van der Waals surface area contributed by atoms with Crippen LogP contribution in [0, 0.1) is 0 Å². The van der Waals surface area contributed by atoms with Crippen LogP contribution >= 0.6 is 23.4 Å². The smallest absolute Gasteiger partial charge is 0.166 e. The first-order chi connectivity index (χ1) is 6.84. The van der Waals surface area contributed by atoms with Crippen LogP contribution in [0.25, 0.3) is 5.69 Å². The molecule has 4 nitrogen and oxygen atoms in total. The second-order valence-electron chi connectivity index (χ2n) is 2.91. The maximum atomic E-state index is 5.92. The van der Waals surface area contributed by atoms with Crippen molar-refractivity contribution in [3.8, 4) is 5.69 Å². The lowest BCUT2D eigenvalue weighted by Gasteiger charge is -2.14. The maximum absolute atomic E-state index is 5.92. The number of nitrogens with zero attached hydrogens (tertiary/aromatic N) is 4. The largest absolute Gasteiger partial charge is 0.195 e. The highest BCUT2D eigenvalue weighted by molar-refractivity contribution is 7.98. The summed E-state index contributed by atoms with van der Waals surface area (Å²) >= 11 is 7.64. The van der Waals surface area contributed by atoms with Gasteiger partial charge in [-0.1, -0.05) is 11.6 Å². The summed E-state index contributed by atoms with van der Waals surface area (Å²) in [6, 6.07) is 5.75. The fraction of sp³-hybridized carbons (Fsp3) is 0.125. The SMILES string of the molecule is Clc1ccc2c(c1)-n1nnnc1CS2. The van der Waals surface area contributed by atoms with E-state index >= 15 is 0 Å². The van der Waals surface area contributed by atoms with Crippen LogP contribution in [0.15, 0.2) is 23.1 Å². The molecule has 0 N–H and O–H groups in total. The Morgan fingerprint density at radius 1 is 1.43 bits per heavy atom. The van der Waals surface area contributed by atoms with Gasteiger partial charge in [-0.3, -0.25) is 0 Å². The van der Waals surface area contributed by atoms with Crippen molar-refractivity contribution in [1.82, 2.24) is 20.2 Å². The van der Waals surface area contributed by atoms with Gasteiger partial charge in [-0.05, 0) is 28.6 Å². The molecule has 0 spiro atoms. The molecule has 0 fully saturated rings. The highest BCUT2D eigenvalue weighted by atomic mass is 35.5. The second kappa shape index (κ2) is 2.96. The van der Waals surface area contributed by atoms with Gasteiger partial charge in [-0.25, -0.2) is 0 Å². The van der Waals surface area contributed by atoms with Crippen LogP contribution in [0.5, 0.6) is 0 Å². The topological polar surface area (TPSA) is 43.6 Å². The number of tetrazole rings is 1. The first-order valence-electron chi connectivity index (χ1n) is 4.04. The number of benzene rings is 1. The highest BCUT2D eigenvalue weighted by Gasteiger charge is 2.18. The van der Waals surface area contributed by atoms with Crippen molar-refractivity contribution >= 4 is 23.4 Å². The summed E-state index contributed by atoms with van der Waals surface area (Å²) in [4.78, 5) is 1.16. The van der Waals surface area contributed by atoms with Gasteiger partial charge < -0.3 is 0 Å². The summed E-state index contributed by atoms with van der Waals surface area (Å²) in [6.45, 7) is 0. The molecule has 2 aromatic rings. The molecular weight excluding hydrogens is 220 g/mol. The predicted octanol–water partition coefficient (Wildman–Crippen LogP) is 1.92. The maximum Gasteiger partial charge on any atom is 0.166 e. The van der Waals surface area contributed by atoms with E-state index < -0.39 is 0 Å². The van der Waals surface area contributed by atoms with Crippen molar-refractivity contribution in [3.63, 3.8) is 0 Å². The Balaban J connectivity index is 2.28. The van der Waals surface area contributed by atoms with E-state index in [1.54, 1.807) is 16.4 Å². The molecule has 6 heteroatoms. The number of hydrogen-bond donors (Lipinski definition) is 0. The molecular formula is C8H5ClN4S. The van der Waals surface area contributed by atoms with E-state index in [0.717, 1.165) is 22.2 Å². The molecule has 14 heavy (non-hydrogen) atoms. The van der Waals surface area contributed by atoms with Crippen molar-refractivity contribution in [2.75, 3.05) is 0 Å². The minimum Gasteiger partial charge on any atom is -0.195 e. The monoisotopic (exact) mass is 224 g/mol. The quantitative estimate of drug-likeness (QED) is 0.686. The van der Waals surface area contributed by atoms with Gasteiger partial charge in [-0.2, -0.15) is 4.68 Å². The molecule has 0 bridgehead atoms.